The summed E-state index contributed by atoms with van der Waals surface area (Å²) in [5, 5.41) is 3.10. The summed E-state index contributed by atoms with van der Waals surface area (Å²) in [6.07, 6.45) is 0.891. The third kappa shape index (κ3) is 4.02. The van der Waals surface area contributed by atoms with E-state index in [4.69, 9.17) is 4.74 Å². The summed E-state index contributed by atoms with van der Waals surface area (Å²) >= 11 is 0. The van der Waals surface area contributed by atoms with Gasteiger partial charge in [0.2, 0.25) is 0 Å². The summed E-state index contributed by atoms with van der Waals surface area (Å²) in [6, 6.07) is 1.47. The topological polar surface area (TPSA) is 67.0 Å². The SMILES string of the molecule is COCCCNc1cc(=O)[nH]c(C(C)C)n1. The maximum Gasteiger partial charge on any atom is 0.252 e. The van der Waals surface area contributed by atoms with E-state index in [0.717, 1.165) is 13.0 Å². The molecule has 0 bridgehead atoms. The molecular formula is C11H19N3O2. The molecule has 0 aliphatic carbocycles. The Hall–Kier alpha value is -1.36. The Morgan fingerprint density at radius 3 is 2.94 bits per heavy atom. The summed E-state index contributed by atoms with van der Waals surface area (Å²) in [5.41, 5.74) is -0.118. The Morgan fingerprint density at radius 2 is 2.31 bits per heavy atom. The summed E-state index contributed by atoms with van der Waals surface area (Å²) in [7, 11) is 1.67. The number of methoxy groups -OCH3 is 1. The van der Waals surface area contributed by atoms with Crippen molar-refractivity contribution >= 4 is 5.82 Å². The van der Waals surface area contributed by atoms with Gasteiger partial charge in [0.05, 0.1) is 0 Å². The van der Waals surface area contributed by atoms with Crippen LogP contribution >= 0.6 is 0 Å². The molecule has 1 aromatic rings. The van der Waals surface area contributed by atoms with Gasteiger partial charge in [-0.05, 0) is 6.42 Å². The van der Waals surface area contributed by atoms with E-state index in [1.54, 1.807) is 7.11 Å². The van der Waals surface area contributed by atoms with Gasteiger partial charge in [-0.3, -0.25) is 4.79 Å². The van der Waals surface area contributed by atoms with Crippen LogP contribution in [-0.4, -0.2) is 30.2 Å². The zero-order chi connectivity index (χ0) is 12.0. The number of anilines is 1. The molecule has 0 unspecified atom stereocenters. The highest BCUT2D eigenvalue weighted by atomic mass is 16.5. The number of aromatic amines is 1. The van der Waals surface area contributed by atoms with Gasteiger partial charge in [-0.25, -0.2) is 4.98 Å². The molecule has 5 nitrogen and oxygen atoms in total. The summed E-state index contributed by atoms with van der Waals surface area (Å²) in [4.78, 5) is 18.4. The molecule has 1 rings (SSSR count). The minimum absolute atomic E-state index is 0.118. The lowest BCUT2D eigenvalue weighted by Crippen LogP contribution is -2.15. The van der Waals surface area contributed by atoms with Crippen molar-refractivity contribution in [2.75, 3.05) is 25.6 Å². The monoisotopic (exact) mass is 225 g/mol. The molecule has 0 spiro atoms. The molecule has 0 saturated heterocycles. The molecule has 0 aromatic carbocycles. The molecule has 0 amide bonds. The Morgan fingerprint density at radius 1 is 1.56 bits per heavy atom. The lowest BCUT2D eigenvalue weighted by molar-refractivity contribution is 0.197. The van der Waals surface area contributed by atoms with Crippen LogP contribution in [0.1, 0.15) is 32.0 Å². The lowest BCUT2D eigenvalue weighted by atomic mass is 10.2. The van der Waals surface area contributed by atoms with Crippen molar-refractivity contribution < 1.29 is 4.74 Å². The van der Waals surface area contributed by atoms with Gasteiger partial charge in [0.15, 0.2) is 0 Å². The third-order valence-electron chi connectivity index (χ3n) is 2.14. The first-order valence-electron chi connectivity index (χ1n) is 5.47. The zero-order valence-corrected chi connectivity index (χ0v) is 10.0. The number of aromatic nitrogens is 2. The maximum atomic E-state index is 11.3. The first kappa shape index (κ1) is 12.7. The Bertz CT molecular complexity index is 374. The van der Waals surface area contributed by atoms with E-state index in [-0.39, 0.29) is 11.5 Å². The van der Waals surface area contributed by atoms with Crippen LogP contribution < -0.4 is 10.9 Å². The molecule has 0 fully saturated rings. The average Bonchev–Trinajstić information content (AvgIpc) is 2.23. The van der Waals surface area contributed by atoms with Gasteiger partial charge in [0, 0.05) is 32.2 Å². The number of hydrogen-bond donors (Lipinski definition) is 2. The molecule has 2 N–H and O–H groups in total. The van der Waals surface area contributed by atoms with Gasteiger partial charge < -0.3 is 15.0 Å². The molecule has 0 aliphatic heterocycles. The van der Waals surface area contributed by atoms with Crippen LogP contribution in [0.2, 0.25) is 0 Å². The zero-order valence-electron chi connectivity index (χ0n) is 10.0. The minimum Gasteiger partial charge on any atom is -0.385 e. The standard InChI is InChI=1S/C11H19N3O2/c1-8(2)11-13-9(7-10(15)14-11)12-5-4-6-16-3/h7-8H,4-6H2,1-3H3,(H2,12,13,14,15). The number of ether oxygens (including phenoxy) is 1. The predicted molar refractivity (Wildman–Crippen MR) is 63.9 cm³/mol. The molecular weight excluding hydrogens is 206 g/mol. The van der Waals surface area contributed by atoms with E-state index in [1.165, 1.54) is 6.07 Å². The quantitative estimate of drug-likeness (QED) is 0.717. The third-order valence-corrected chi connectivity index (χ3v) is 2.14. The van der Waals surface area contributed by atoms with Crippen LogP contribution in [-0.2, 0) is 4.74 Å². The maximum absolute atomic E-state index is 11.3. The molecule has 16 heavy (non-hydrogen) atoms. The fraction of sp³-hybridized carbons (Fsp3) is 0.636. The highest BCUT2D eigenvalue weighted by molar-refractivity contribution is 5.33. The summed E-state index contributed by atoms with van der Waals surface area (Å²) in [5.74, 6) is 1.55. The van der Waals surface area contributed by atoms with Crippen molar-refractivity contribution in [1.29, 1.82) is 0 Å². The highest BCUT2D eigenvalue weighted by Crippen LogP contribution is 2.08. The minimum atomic E-state index is -0.118. The van der Waals surface area contributed by atoms with Crippen molar-refractivity contribution in [3.8, 4) is 0 Å². The highest BCUT2D eigenvalue weighted by Gasteiger charge is 2.04. The number of H-pyrrole nitrogens is 1. The van der Waals surface area contributed by atoms with Crippen molar-refractivity contribution in [3.63, 3.8) is 0 Å². The number of hydrogen-bond acceptors (Lipinski definition) is 4. The summed E-state index contributed by atoms with van der Waals surface area (Å²) < 4.78 is 4.94. The average molecular weight is 225 g/mol. The van der Waals surface area contributed by atoms with Crippen molar-refractivity contribution in [2.24, 2.45) is 0 Å². The van der Waals surface area contributed by atoms with Crippen molar-refractivity contribution in [2.45, 2.75) is 26.2 Å². The van der Waals surface area contributed by atoms with Crippen LogP contribution in [0.25, 0.3) is 0 Å². The number of rotatable bonds is 6. The normalized spacial score (nSPS) is 10.8. The fourth-order valence-corrected chi connectivity index (χ4v) is 1.27. The van der Waals surface area contributed by atoms with Gasteiger partial charge in [0.25, 0.3) is 5.56 Å². The Balaban J connectivity index is 2.62. The smallest absolute Gasteiger partial charge is 0.252 e. The molecule has 1 heterocycles. The molecule has 0 atom stereocenters. The van der Waals surface area contributed by atoms with Gasteiger partial charge in [-0.15, -0.1) is 0 Å². The molecule has 0 radical (unpaired) electrons. The Kier molecular flexibility index (Phi) is 4.98. The van der Waals surface area contributed by atoms with Crippen LogP contribution in [0.15, 0.2) is 10.9 Å². The summed E-state index contributed by atoms with van der Waals surface area (Å²) in [6.45, 7) is 5.44. The molecule has 5 heteroatoms. The van der Waals surface area contributed by atoms with E-state index in [9.17, 15) is 4.79 Å². The van der Waals surface area contributed by atoms with E-state index < -0.39 is 0 Å². The van der Waals surface area contributed by atoms with Crippen molar-refractivity contribution in [3.05, 3.63) is 22.2 Å². The lowest BCUT2D eigenvalue weighted by Gasteiger charge is -2.08. The van der Waals surface area contributed by atoms with E-state index in [2.05, 4.69) is 15.3 Å². The van der Waals surface area contributed by atoms with E-state index >= 15 is 0 Å². The first-order valence-corrected chi connectivity index (χ1v) is 5.47. The van der Waals surface area contributed by atoms with Gasteiger partial charge in [-0.1, -0.05) is 13.8 Å². The van der Waals surface area contributed by atoms with Crippen molar-refractivity contribution in [1.82, 2.24) is 9.97 Å². The van der Waals surface area contributed by atoms with Crippen LogP contribution in [0.5, 0.6) is 0 Å². The van der Waals surface area contributed by atoms with Crippen LogP contribution in [0.4, 0.5) is 5.82 Å². The molecule has 0 aliphatic rings. The predicted octanol–water partition coefficient (Wildman–Crippen LogP) is 1.34. The molecule has 1 aromatic heterocycles. The second-order valence-corrected chi connectivity index (χ2v) is 3.94. The Labute approximate surface area is 95.3 Å². The molecule has 90 valence electrons. The van der Waals surface area contributed by atoms with Crippen LogP contribution in [0, 0.1) is 0 Å². The van der Waals surface area contributed by atoms with E-state index in [1.807, 2.05) is 13.8 Å². The second-order valence-electron chi connectivity index (χ2n) is 3.94. The van der Waals surface area contributed by atoms with E-state index in [0.29, 0.717) is 18.2 Å². The molecule has 0 saturated carbocycles. The largest absolute Gasteiger partial charge is 0.385 e. The first-order chi connectivity index (χ1) is 7.63. The van der Waals surface area contributed by atoms with Gasteiger partial charge in [0.1, 0.15) is 11.6 Å². The second kappa shape index (κ2) is 6.27. The number of nitrogens with one attached hydrogen (secondary N) is 2. The van der Waals surface area contributed by atoms with Gasteiger partial charge >= 0.3 is 0 Å². The van der Waals surface area contributed by atoms with Gasteiger partial charge in [-0.2, -0.15) is 0 Å². The number of nitrogens with zero attached hydrogens (tertiary/aromatic N) is 1. The van der Waals surface area contributed by atoms with Crippen LogP contribution in [0.3, 0.4) is 0 Å². The fourth-order valence-electron chi connectivity index (χ4n) is 1.27.